The van der Waals surface area contributed by atoms with Gasteiger partial charge in [-0.25, -0.2) is 9.59 Å². The summed E-state index contributed by atoms with van der Waals surface area (Å²) in [5, 5.41) is 0. The summed E-state index contributed by atoms with van der Waals surface area (Å²) in [6, 6.07) is 14.5. The molecule has 0 atom stereocenters. The van der Waals surface area contributed by atoms with Crippen LogP contribution in [-0.2, 0) is 9.47 Å². The highest BCUT2D eigenvalue weighted by atomic mass is 33.5. The average molecular weight is 366 g/mol. The van der Waals surface area contributed by atoms with E-state index in [-0.39, 0.29) is 11.9 Å². The van der Waals surface area contributed by atoms with E-state index in [0.29, 0.717) is 11.1 Å². The third kappa shape index (κ3) is 4.70. The topological polar surface area (TPSA) is 52.6 Å². The number of benzene rings is 2. The zero-order valence-electron chi connectivity index (χ0n) is 12.5. The van der Waals surface area contributed by atoms with Gasteiger partial charge < -0.3 is 9.47 Å². The summed E-state index contributed by atoms with van der Waals surface area (Å²) < 4.78 is 9.55. The molecule has 0 spiro atoms. The molecule has 2 aromatic rings. The number of carbonyl (C=O) groups is 2. The van der Waals surface area contributed by atoms with Gasteiger partial charge in [0.15, 0.2) is 0 Å². The maximum atomic E-state index is 11.7. The van der Waals surface area contributed by atoms with Crippen molar-refractivity contribution in [2.45, 2.75) is 9.79 Å². The molecule has 2 aromatic carbocycles. The zero-order chi connectivity index (χ0) is 16.7. The van der Waals surface area contributed by atoms with Gasteiger partial charge in [-0.05, 0) is 55.7 Å². The average Bonchev–Trinajstić information content (AvgIpc) is 2.61. The minimum absolute atomic E-state index is 0.367. The quantitative estimate of drug-likeness (QED) is 0.542. The van der Waals surface area contributed by atoms with Crippen LogP contribution >= 0.6 is 31.4 Å². The smallest absolute Gasteiger partial charge is 0.339 e. The fraction of sp³-hybridized carbons (Fsp3) is 0.125. The molecule has 4 nitrogen and oxygen atoms in total. The first kappa shape index (κ1) is 17.8. The van der Waals surface area contributed by atoms with Crippen LogP contribution < -0.4 is 0 Å². The summed E-state index contributed by atoms with van der Waals surface area (Å²) in [5.41, 5.74) is 1.05. The Morgan fingerprint density at radius 3 is 1.52 bits per heavy atom. The highest BCUT2D eigenvalue weighted by Gasteiger charge is 2.14. The Morgan fingerprint density at radius 2 is 1.13 bits per heavy atom. The molecule has 0 amide bonds. The molecule has 0 aromatic heterocycles. The Hall–Kier alpha value is -1.57. The molecule has 2 rings (SSSR count). The first-order valence-electron chi connectivity index (χ1n) is 6.53. The van der Waals surface area contributed by atoms with Gasteiger partial charge in [0.05, 0.1) is 25.3 Å². The minimum Gasteiger partial charge on any atom is -0.465 e. The highest BCUT2D eigenvalue weighted by Crippen LogP contribution is 2.46. The molecule has 0 aliphatic rings. The van der Waals surface area contributed by atoms with Crippen LogP contribution in [0.4, 0.5) is 0 Å². The molecule has 23 heavy (non-hydrogen) atoms. The fourth-order valence-electron chi connectivity index (χ4n) is 1.73. The molecule has 0 N–H and O–H groups in total. The van der Waals surface area contributed by atoms with Crippen LogP contribution in [0.2, 0.25) is 0 Å². The van der Waals surface area contributed by atoms with Crippen LogP contribution in [0, 0.1) is 0 Å². The van der Waals surface area contributed by atoms with Crippen LogP contribution in [0.15, 0.2) is 58.3 Å². The molecule has 0 bridgehead atoms. The monoisotopic (exact) mass is 366 g/mol. The number of ether oxygens (including phenoxy) is 2. The lowest BCUT2D eigenvalue weighted by Gasteiger charge is -2.08. The van der Waals surface area contributed by atoms with Gasteiger partial charge in [-0.15, -0.1) is 0 Å². The molecule has 0 unspecified atom stereocenters. The minimum atomic E-state index is -0.367. The van der Waals surface area contributed by atoms with Crippen LogP contribution in [0.1, 0.15) is 20.7 Å². The Labute approximate surface area is 146 Å². The summed E-state index contributed by atoms with van der Waals surface area (Å²) in [6.45, 7) is 0. The van der Waals surface area contributed by atoms with Crippen molar-refractivity contribution in [1.82, 2.24) is 0 Å². The van der Waals surface area contributed by atoms with Crippen molar-refractivity contribution < 1.29 is 19.1 Å². The largest absolute Gasteiger partial charge is 0.465 e. The maximum Gasteiger partial charge on any atom is 0.339 e. The number of esters is 2. The van der Waals surface area contributed by atoms with Crippen molar-refractivity contribution in [3.8, 4) is 0 Å². The predicted molar refractivity (Wildman–Crippen MR) is 94.9 cm³/mol. The van der Waals surface area contributed by atoms with E-state index in [9.17, 15) is 9.59 Å². The molecule has 0 fully saturated rings. The second kappa shape index (κ2) is 8.90. The molecular formula is C16H14O4S3. The molecule has 0 saturated heterocycles. The number of hydrogen-bond acceptors (Lipinski definition) is 7. The Balaban J connectivity index is 2.07. The predicted octanol–water partition coefficient (Wildman–Crippen LogP) is 4.71. The molecule has 0 radical (unpaired) electrons. The van der Waals surface area contributed by atoms with Gasteiger partial charge in [0.25, 0.3) is 0 Å². The first-order valence-corrected chi connectivity index (χ1v) is 10.0. The van der Waals surface area contributed by atoms with E-state index in [1.807, 2.05) is 24.3 Å². The van der Waals surface area contributed by atoms with Gasteiger partial charge in [-0.2, -0.15) is 0 Å². The van der Waals surface area contributed by atoms with E-state index in [1.165, 1.54) is 45.6 Å². The van der Waals surface area contributed by atoms with Gasteiger partial charge in [-0.3, -0.25) is 0 Å². The SMILES string of the molecule is COC(=O)c1ccccc1SSSc1ccccc1C(=O)OC. The summed E-state index contributed by atoms with van der Waals surface area (Å²) in [5.74, 6) is -0.734. The van der Waals surface area contributed by atoms with Crippen molar-refractivity contribution in [2.24, 2.45) is 0 Å². The summed E-state index contributed by atoms with van der Waals surface area (Å²) in [4.78, 5) is 25.1. The molecular weight excluding hydrogens is 352 g/mol. The lowest BCUT2D eigenvalue weighted by molar-refractivity contribution is 0.0588. The Kier molecular flexibility index (Phi) is 6.88. The Bertz CT molecular complexity index is 644. The number of methoxy groups -OCH3 is 2. The van der Waals surface area contributed by atoms with E-state index in [1.54, 1.807) is 24.3 Å². The summed E-state index contributed by atoms with van der Waals surface area (Å²) in [6.07, 6.45) is 0. The van der Waals surface area contributed by atoms with Crippen LogP contribution in [-0.4, -0.2) is 26.2 Å². The lowest BCUT2D eigenvalue weighted by Crippen LogP contribution is -2.02. The van der Waals surface area contributed by atoms with Crippen molar-refractivity contribution in [3.63, 3.8) is 0 Å². The first-order chi connectivity index (χ1) is 11.2. The van der Waals surface area contributed by atoms with Crippen molar-refractivity contribution in [1.29, 1.82) is 0 Å². The van der Waals surface area contributed by atoms with Crippen molar-refractivity contribution in [3.05, 3.63) is 59.7 Å². The lowest BCUT2D eigenvalue weighted by atomic mass is 10.2. The van der Waals surface area contributed by atoms with E-state index in [4.69, 9.17) is 9.47 Å². The normalized spacial score (nSPS) is 10.2. The highest BCUT2D eigenvalue weighted by molar-refractivity contribution is 9.09. The van der Waals surface area contributed by atoms with Crippen LogP contribution in [0.5, 0.6) is 0 Å². The fourth-order valence-corrected chi connectivity index (χ4v) is 5.70. The van der Waals surface area contributed by atoms with E-state index < -0.39 is 0 Å². The standard InChI is InChI=1S/C16H14O4S3/c1-19-15(17)11-7-3-5-9-13(11)21-23-22-14-10-6-4-8-12(14)16(18)20-2/h3-10H,1-2H3. The van der Waals surface area contributed by atoms with Crippen molar-refractivity contribution >= 4 is 43.4 Å². The maximum absolute atomic E-state index is 11.7. The Morgan fingerprint density at radius 1 is 0.739 bits per heavy atom. The van der Waals surface area contributed by atoms with Crippen molar-refractivity contribution in [2.75, 3.05) is 14.2 Å². The van der Waals surface area contributed by atoms with E-state index in [0.717, 1.165) is 9.79 Å². The van der Waals surface area contributed by atoms with Gasteiger partial charge in [0, 0.05) is 9.79 Å². The van der Waals surface area contributed by atoms with E-state index in [2.05, 4.69) is 0 Å². The van der Waals surface area contributed by atoms with Gasteiger partial charge in [0.2, 0.25) is 0 Å². The van der Waals surface area contributed by atoms with Crippen LogP contribution in [0.25, 0.3) is 0 Å². The second-order valence-electron chi connectivity index (χ2n) is 4.21. The molecule has 7 heteroatoms. The zero-order valence-corrected chi connectivity index (χ0v) is 14.9. The van der Waals surface area contributed by atoms with Gasteiger partial charge in [-0.1, -0.05) is 24.3 Å². The second-order valence-corrected chi connectivity index (χ2v) is 8.19. The molecule has 0 heterocycles. The summed E-state index contributed by atoms with van der Waals surface area (Å²) >= 11 is 0. The van der Waals surface area contributed by atoms with Crippen LogP contribution in [0.3, 0.4) is 0 Å². The number of carbonyl (C=O) groups excluding carboxylic acids is 2. The number of rotatable bonds is 6. The molecule has 0 aliphatic carbocycles. The summed E-state index contributed by atoms with van der Waals surface area (Å²) in [7, 11) is 7.06. The molecule has 0 saturated carbocycles. The molecule has 120 valence electrons. The molecule has 0 aliphatic heterocycles. The third-order valence-corrected chi connectivity index (χ3v) is 6.75. The van der Waals surface area contributed by atoms with E-state index >= 15 is 0 Å². The number of hydrogen-bond donors (Lipinski definition) is 0. The third-order valence-electron chi connectivity index (χ3n) is 2.83. The van der Waals surface area contributed by atoms with Gasteiger partial charge >= 0.3 is 11.9 Å². The van der Waals surface area contributed by atoms with Gasteiger partial charge in [0.1, 0.15) is 0 Å².